The molecule has 0 spiro atoms. The monoisotopic (exact) mass is 322 g/mol. The average Bonchev–Trinajstić information content (AvgIpc) is 2.06. The second kappa shape index (κ2) is 3.87. The van der Waals surface area contributed by atoms with Crippen LogP contribution in [0.1, 0.15) is 0 Å². The normalized spacial score (nSPS) is 49.6. The minimum absolute atomic E-state index is 0.150. The lowest BCUT2D eigenvalue weighted by atomic mass is 11.8. The Morgan fingerprint density at radius 3 is 1.64 bits per heavy atom. The Bertz CT molecular complexity index is 146. The van der Waals surface area contributed by atoms with Gasteiger partial charge in [-0.25, -0.2) is 0 Å². The fraction of sp³-hybridized carbons (Fsp3) is 1.00. The maximum absolute atomic E-state index is 6.03. The molecule has 0 aromatic heterocycles. The summed E-state index contributed by atoms with van der Waals surface area (Å²) in [5, 5.41) is 0. The zero-order valence-corrected chi connectivity index (χ0v) is 12.9. The largest absolute Gasteiger partial charge is 0.269 e. The van der Waals surface area contributed by atoms with Gasteiger partial charge in [-0.1, -0.05) is 0 Å². The highest BCUT2D eigenvalue weighted by molar-refractivity contribution is 7.84. The van der Waals surface area contributed by atoms with Crippen molar-refractivity contribution in [2.24, 2.45) is 0 Å². The lowest BCUT2D eigenvalue weighted by Crippen LogP contribution is -2.41. The maximum atomic E-state index is 6.03. The van der Waals surface area contributed by atoms with Gasteiger partial charge in [-0.15, -0.1) is 45.4 Å². The first-order valence-corrected chi connectivity index (χ1v) is 15.1. The molecule has 1 saturated heterocycles. The van der Waals surface area contributed by atoms with Crippen LogP contribution in [0.15, 0.2) is 0 Å². The van der Waals surface area contributed by atoms with Gasteiger partial charge < -0.3 is 0 Å². The van der Waals surface area contributed by atoms with Crippen molar-refractivity contribution in [2.75, 3.05) is 0 Å². The average molecular weight is 325 g/mol. The van der Waals surface area contributed by atoms with Crippen molar-refractivity contribution < 1.29 is 0 Å². The van der Waals surface area contributed by atoms with Crippen molar-refractivity contribution in [3.63, 3.8) is 0 Å². The summed E-state index contributed by atoms with van der Waals surface area (Å²) in [5.41, 5.74) is 0. The van der Waals surface area contributed by atoms with Gasteiger partial charge in [0.25, 0.3) is 6.21 Å². The van der Waals surface area contributed by atoms with E-state index in [2.05, 4.69) is 0 Å². The minimum atomic E-state index is -2.46. The fourth-order valence-corrected chi connectivity index (χ4v) is 42.0. The molecular formula is C2H4Cl6Si3. The Balaban J connectivity index is 2.87. The van der Waals surface area contributed by atoms with E-state index in [1.54, 1.807) is 0 Å². The van der Waals surface area contributed by atoms with Crippen LogP contribution in [-0.4, -0.2) is 31.2 Å². The van der Waals surface area contributed by atoms with E-state index in [-0.39, 0.29) is 9.25 Å². The fourth-order valence-electron chi connectivity index (χ4n) is 0.899. The molecule has 4 unspecified atom stereocenters. The van der Waals surface area contributed by atoms with Gasteiger partial charge in [-0.3, -0.25) is 0 Å². The van der Waals surface area contributed by atoms with E-state index in [4.69, 9.17) is 67.5 Å². The molecular weight excluding hydrogens is 321 g/mol. The third-order valence-corrected chi connectivity index (χ3v) is 39.5. The third kappa shape index (κ3) is 1.92. The van der Waals surface area contributed by atoms with Crippen LogP contribution < -0.4 is 0 Å². The quantitative estimate of drug-likeness (QED) is 0.364. The molecule has 0 aromatic rings. The standard InChI is InChI=1S/C2H4Cl6Si3/c3-1-9(5)2(4)11(7,8)10(1)6/h1-2,9-10H. The zero-order valence-electron chi connectivity index (χ0n) is 5.08. The Morgan fingerprint density at radius 1 is 1.09 bits per heavy atom. The topological polar surface area (TPSA) is 0 Å². The lowest BCUT2D eigenvalue weighted by molar-refractivity contribution is 1.74. The first kappa shape index (κ1) is 11.5. The Kier molecular flexibility index (Phi) is 4.03. The van der Waals surface area contributed by atoms with E-state index in [9.17, 15) is 0 Å². The molecule has 0 nitrogen and oxygen atoms in total. The van der Waals surface area contributed by atoms with Crippen molar-refractivity contribution in [1.29, 1.82) is 0 Å². The molecule has 4 atom stereocenters. The predicted molar refractivity (Wildman–Crippen MR) is 62.7 cm³/mol. The summed E-state index contributed by atoms with van der Waals surface area (Å²) < 4.78 is -0.424. The molecule has 1 aliphatic rings. The van der Waals surface area contributed by atoms with E-state index in [0.717, 1.165) is 0 Å². The third-order valence-electron chi connectivity index (χ3n) is 1.60. The highest BCUT2D eigenvalue weighted by Gasteiger charge is 2.61. The number of rotatable bonds is 0. The summed E-state index contributed by atoms with van der Waals surface area (Å²) in [7, 11) is -3.45. The Labute approximate surface area is 97.9 Å². The van der Waals surface area contributed by atoms with Gasteiger partial charge in [-0.2, -0.15) is 22.2 Å². The maximum Gasteiger partial charge on any atom is 0.269 e. The highest BCUT2D eigenvalue weighted by atomic mass is 35.7. The molecule has 1 heterocycles. The number of hydrogen-bond donors (Lipinski definition) is 0. The van der Waals surface area contributed by atoms with E-state index < -0.39 is 21.9 Å². The minimum Gasteiger partial charge on any atom is -0.171 e. The molecule has 0 radical (unpaired) electrons. The summed E-state index contributed by atoms with van der Waals surface area (Å²) in [6.07, 6.45) is -2.46. The van der Waals surface area contributed by atoms with Crippen molar-refractivity contribution >= 4 is 89.5 Å². The molecule has 0 saturated carbocycles. The summed E-state index contributed by atoms with van der Waals surface area (Å²) >= 11 is 35.9. The van der Waals surface area contributed by atoms with Crippen LogP contribution in [-0.2, 0) is 0 Å². The van der Waals surface area contributed by atoms with Crippen LogP contribution >= 0.6 is 67.5 Å². The van der Waals surface area contributed by atoms with Crippen LogP contribution in [0.2, 0.25) is 0 Å². The molecule has 0 aromatic carbocycles. The first-order chi connectivity index (χ1) is 4.89. The Hall–Kier alpha value is 2.39. The second-order valence-electron chi connectivity index (χ2n) is 2.37. The van der Waals surface area contributed by atoms with E-state index >= 15 is 0 Å². The number of hydrogen-bond acceptors (Lipinski definition) is 0. The zero-order chi connectivity index (χ0) is 8.81. The van der Waals surface area contributed by atoms with Crippen LogP contribution in [0.3, 0.4) is 0 Å². The summed E-state index contributed by atoms with van der Waals surface area (Å²) in [5.74, 6) is 0. The van der Waals surface area contributed by atoms with Gasteiger partial charge in [-0.05, 0) is 0 Å². The summed E-state index contributed by atoms with van der Waals surface area (Å²) in [6, 6.07) is 0. The van der Waals surface area contributed by atoms with Gasteiger partial charge in [0.05, 0.1) is 4.62 Å². The van der Waals surface area contributed by atoms with E-state index in [1.807, 2.05) is 0 Å². The van der Waals surface area contributed by atoms with Gasteiger partial charge in [0.1, 0.15) is 0 Å². The molecule has 0 bridgehead atoms. The highest BCUT2D eigenvalue weighted by Crippen LogP contribution is 2.42. The predicted octanol–water partition coefficient (Wildman–Crippen LogP) is 2.29. The van der Waals surface area contributed by atoms with Gasteiger partial charge >= 0.3 is 0 Å². The number of halogens is 6. The number of alkyl halides is 2. The Morgan fingerprint density at radius 2 is 1.55 bits per heavy atom. The molecule has 0 amide bonds. The molecule has 1 rings (SSSR count). The van der Waals surface area contributed by atoms with Gasteiger partial charge in [0, 0.05) is 4.62 Å². The molecule has 0 N–H and O–H groups in total. The van der Waals surface area contributed by atoms with Crippen molar-refractivity contribution in [2.45, 2.75) is 9.25 Å². The second-order valence-corrected chi connectivity index (χ2v) is 27.3. The van der Waals surface area contributed by atoms with Gasteiger partial charge in [0.15, 0.2) is 15.7 Å². The van der Waals surface area contributed by atoms with Crippen LogP contribution in [0.25, 0.3) is 0 Å². The lowest BCUT2D eigenvalue weighted by Gasteiger charge is -2.15. The van der Waals surface area contributed by atoms with Crippen molar-refractivity contribution in [3.8, 4) is 0 Å². The van der Waals surface area contributed by atoms with E-state index in [1.165, 1.54) is 0 Å². The SMILES string of the molecule is ClC1[SiH](Cl)C(Cl)[Si](Cl)(Cl)[SiH]1Cl. The molecule has 9 heteroatoms. The van der Waals surface area contributed by atoms with Crippen LogP contribution in [0, 0.1) is 0 Å². The van der Waals surface area contributed by atoms with Crippen LogP contribution in [0.4, 0.5) is 0 Å². The smallest absolute Gasteiger partial charge is 0.171 e. The molecule has 66 valence electrons. The molecule has 11 heavy (non-hydrogen) atoms. The van der Waals surface area contributed by atoms with Gasteiger partial charge in [0.2, 0.25) is 0 Å². The van der Waals surface area contributed by atoms with E-state index in [0.29, 0.717) is 0 Å². The molecule has 1 aliphatic heterocycles. The summed E-state index contributed by atoms with van der Waals surface area (Å²) in [6.45, 7) is 0. The summed E-state index contributed by atoms with van der Waals surface area (Å²) in [4.78, 5) is 0. The van der Waals surface area contributed by atoms with Crippen LogP contribution in [0.5, 0.6) is 0 Å². The molecule has 0 aliphatic carbocycles. The first-order valence-electron chi connectivity index (χ1n) is 2.83. The van der Waals surface area contributed by atoms with Crippen molar-refractivity contribution in [1.82, 2.24) is 0 Å². The molecule has 1 fully saturated rings. The van der Waals surface area contributed by atoms with Crippen molar-refractivity contribution in [3.05, 3.63) is 0 Å².